The predicted molar refractivity (Wildman–Crippen MR) is 114 cm³/mol. The first-order valence-electron chi connectivity index (χ1n) is 9.57. The van der Waals surface area contributed by atoms with Crippen molar-refractivity contribution in [3.8, 4) is 11.5 Å². The highest BCUT2D eigenvalue weighted by Gasteiger charge is 2.18. The molecule has 0 aliphatic heterocycles. The van der Waals surface area contributed by atoms with Crippen molar-refractivity contribution in [3.63, 3.8) is 0 Å². The molecule has 0 fully saturated rings. The highest BCUT2D eigenvalue weighted by Crippen LogP contribution is 2.29. The second kappa shape index (κ2) is 9.09. The summed E-state index contributed by atoms with van der Waals surface area (Å²) >= 11 is 1.24. The summed E-state index contributed by atoms with van der Waals surface area (Å²) in [5.41, 5.74) is 1.58. The van der Waals surface area contributed by atoms with Gasteiger partial charge in [-0.15, -0.1) is 11.3 Å². The van der Waals surface area contributed by atoms with Gasteiger partial charge in [-0.25, -0.2) is 4.98 Å². The Morgan fingerprint density at radius 3 is 2.66 bits per heavy atom. The molecular formula is C21H25N3O4S. The third kappa shape index (κ3) is 4.42. The van der Waals surface area contributed by atoms with E-state index >= 15 is 0 Å². The molecule has 0 spiro atoms. The van der Waals surface area contributed by atoms with Crippen LogP contribution in [0.5, 0.6) is 11.5 Å². The van der Waals surface area contributed by atoms with Crippen LogP contribution in [-0.2, 0) is 13.5 Å². The second-order valence-electron chi connectivity index (χ2n) is 6.55. The fourth-order valence-electron chi connectivity index (χ4n) is 3.08. The summed E-state index contributed by atoms with van der Waals surface area (Å²) in [4.78, 5) is 30.3. The minimum atomic E-state index is -0.191. The highest BCUT2D eigenvalue weighted by atomic mass is 32.1. The van der Waals surface area contributed by atoms with E-state index in [1.165, 1.54) is 22.2 Å². The molecule has 2 aromatic heterocycles. The molecule has 3 aromatic rings. The van der Waals surface area contributed by atoms with Crippen molar-refractivity contribution >= 4 is 27.5 Å². The van der Waals surface area contributed by atoms with E-state index in [-0.39, 0.29) is 11.5 Å². The zero-order valence-electron chi connectivity index (χ0n) is 17.1. The number of aryl methyl sites for hydroxylation is 2. The Hall–Kier alpha value is -2.87. The lowest BCUT2D eigenvalue weighted by atomic mass is 10.1. The van der Waals surface area contributed by atoms with Crippen molar-refractivity contribution < 1.29 is 14.3 Å². The second-order valence-corrected chi connectivity index (χ2v) is 7.55. The molecule has 0 aliphatic carbocycles. The number of thiophene rings is 1. The third-order valence-electron chi connectivity index (χ3n) is 4.52. The fraction of sp³-hybridized carbons (Fsp3) is 0.381. The van der Waals surface area contributed by atoms with Crippen LogP contribution in [0.4, 0.5) is 0 Å². The summed E-state index contributed by atoms with van der Waals surface area (Å²) in [6.45, 7) is 7.24. The Balaban J connectivity index is 1.69. The van der Waals surface area contributed by atoms with Crippen LogP contribution in [0.2, 0.25) is 0 Å². The van der Waals surface area contributed by atoms with Crippen molar-refractivity contribution in [2.45, 2.75) is 27.2 Å². The third-order valence-corrected chi connectivity index (χ3v) is 5.72. The quantitative estimate of drug-likeness (QED) is 0.611. The van der Waals surface area contributed by atoms with Crippen LogP contribution in [0.25, 0.3) is 10.2 Å². The number of aromatic nitrogens is 2. The van der Waals surface area contributed by atoms with E-state index < -0.39 is 0 Å². The average Bonchev–Trinajstić information content (AvgIpc) is 3.04. The van der Waals surface area contributed by atoms with E-state index in [2.05, 4.69) is 10.3 Å². The molecule has 29 heavy (non-hydrogen) atoms. The van der Waals surface area contributed by atoms with Gasteiger partial charge in [-0.3, -0.25) is 9.59 Å². The van der Waals surface area contributed by atoms with Gasteiger partial charge in [0.1, 0.15) is 4.83 Å². The van der Waals surface area contributed by atoms with Crippen LogP contribution < -0.4 is 20.3 Å². The van der Waals surface area contributed by atoms with Gasteiger partial charge < -0.3 is 19.4 Å². The van der Waals surface area contributed by atoms with Gasteiger partial charge in [0.15, 0.2) is 11.5 Å². The van der Waals surface area contributed by atoms with Gasteiger partial charge in [-0.2, -0.15) is 0 Å². The van der Waals surface area contributed by atoms with Gasteiger partial charge in [0.05, 0.1) is 29.8 Å². The smallest absolute Gasteiger partial charge is 0.262 e. The molecule has 0 unspecified atom stereocenters. The summed E-state index contributed by atoms with van der Waals surface area (Å²) in [6, 6.07) is 5.81. The number of hydrogen-bond donors (Lipinski definition) is 1. The number of nitrogens with zero attached hydrogens (tertiary/aromatic N) is 2. The first-order chi connectivity index (χ1) is 14.0. The zero-order chi connectivity index (χ0) is 21.0. The molecule has 0 atom stereocenters. The normalized spacial score (nSPS) is 10.9. The number of amides is 1. The van der Waals surface area contributed by atoms with Crippen molar-refractivity contribution in [1.82, 2.24) is 14.9 Å². The molecule has 0 saturated heterocycles. The number of ether oxygens (including phenoxy) is 2. The first-order valence-corrected chi connectivity index (χ1v) is 10.4. The molecule has 8 heteroatoms. The maximum atomic E-state index is 12.6. The number of carbonyl (C=O) groups excluding carboxylic acids is 1. The van der Waals surface area contributed by atoms with E-state index in [0.29, 0.717) is 52.6 Å². The molecule has 154 valence electrons. The van der Waals surface area contributed by atoms with Crippen LogP contribution in [-0.4, -0.2) is 35.2 Å². The number of carbonyl (C=O) groups is 1. The van der Waals surface area contributed by atoms with Crippen LogP contribution in [0.15, 0.2) is 29.3 Å². The first kappa shape index (κ1) is 20.9. The van der Waals surface area contributed by atoms with Crippen LogP contribution >= 0.6 is 11.3 Å². The van der Waals surface area contributed by atoms with Crippen molar-refractivity contribution in [1.29, 1.82) is 0 Å². The standard InChI is InChI=1S/C21H25N3O4S/c1-5-27-15-8-7-14(11-16(15)28-6-2)9-10-22-19(25)18-13(3)17-20(29-18)23-12-24(4)21(17)26/h7-8,11-12H,5-6,9-10H2,1-4H3,(H,22,25). The Morgan fingerprint density at radius 1 is 1.21 bits per heavy atom. The predicted octanol–water partition coefficient (Wildman–Crippen LogP) is 3.07. The van der Waals surface area contributed by atoms with Crippen molar-refractivity contribution in [2.75, 3.05) is 19.8 Å². The highest BCUT2D eigenvalue weighted by molar-refractivity contribution is 7.20. The van der Waals surface area contributed by atoms with Gasteiger partial charge in [-0.05, 0) is 50.5 Å². The van der Waals surface area contributed by atoms with Gasteiger partial charge in [0.25, 0.3) is 11.5 Å². The number of benzene rings is 1. The minimum absolute atomic E-state index is 0.138. The topological polar surface area (TPSA) is 82.5 Å². The summed E-state index contributed by atoms with van der Waals surface area (Å²) in [5.74, 6) is 1.24. The molecule has 2 heterocycles. The summed E-state index contributed by atoms with van der Waals surface area (Å²) in [5, 5.41) is 3.45. The molecule has 7 nitrogen and oxygen atoms in total. The Labute approximate surface area is 173 Å². The monoisotopic (exact) mass is 415 g/mol. The lowest BCUT2D eigenvalue weighted by molar-refractivity contribution is 0.0957. The van der Waals surface area contributed by atoms with Crippen molar-refractivity contribution in [3.05, 3.63) is 50.9 Å². The molecule has 0 saturated carbocycles. The molecule has 1 amide bonds. The SMILES string of the molecule is CCOc1ccc(CCNC(=O)c2sc3ncn(C)c(=O)c3c2C)cc1OCC. The molecule has 1 aromatic carbocycles. The number of fused-ring (bicyclic) bond motifs is 1. The Bertz CT molecular complexity index is 1090. The van der Waals surface area contributed by atoms with Gasteiger partial charge >= 0.3 is 0 Å². The summed E-state index contributed by atoms with van der Waals surface area (Å²) in [7, 11) is 1.65. The van der Waals surface area contributed by atoms with Gasteiger partial charge in [-0.1, -0.05) is 6.07 Å². The zero-order valence-corrected chi connectivity index (χ0v) is 17.9. The van der Waals surface area contributed by atoms with E-state index in [1.54, 1.807) is 14.0 Å². The van der Waals surface area contributed by atoms with E-state index in [0.717, 1.165) is 11.3 Å². The Morgan fingerprint density at radius 2 is 1.93 bits per heavy atom. The van der Waals surface area contributed by atoms with Crippen molar-refractivity contribution in [2.24, 2.45) is 7.05 Å². The van der Waals surface area contributed by atoms with E-state index in [1.807, 2.05) is 32.0 Å². The van der Waals surface area contributed by atoms with Gasteiger partial charge in [0, 0.05) is 13.6 Å². The van der Waals surface area contributed by atoms with Gasteiger partial charge in [0.2, 0.25) is 0 Å². The van der Waals surface area contributed by atoms with Crippen LogP contribution in [0, 0.1) is 6.92 Å². The maximum Gasteiger partial charge on any atom is 0.262 e. The van der Waals surface area contributed by atoms with E-state index in [4.69, 9.17) is 9.47 Å². The number of nitrogens with one attached hydrogen (secondary N) is 1. The molecule has 1 N–H and O–H groups in total. The summed E-state index contributed by atoms with van der Waals surface area (Å²) < 4.78 is 12.6. The Kier molecular flexibility index (Phi) is 6.53. The molecule has 3 rings (SSSR count). The van der Waals surface area contributed by atoms with Crippen LogP contribution in [0.3, 0.4) is 0 Å². The molecule has 0 bridgehead atoms. The lowest BCUT2D eigenvalue weighted by Crippen LogP contribution is -2.25. The largest absolute Gasteiger partial charge is 0.490 e. The number of rotatable bonds is 8. The summed E-state index contributed by atoms with van der Waals surface area (Å²) in [6.07, 6.45) is 2.13. The minimum Gasteiger partial charge on any atom is -0.490 e. The van der Waals surface area contributed by atoms with E-state index in [9.17, 15) is 9.59 Å². The molecular weight excluding hydrogens is 390 g/mol. The fourth-order valence-corrected chi connectivity index (χ4v) is 4.13. The van der Waals surface area contributed by atoms with Crippen LogP contribution in [0.1, 0.15) is 34.6 Å². The lowest BCUT2D eigenvalue weighted by Gasteiger charge is -2.12. The maximum absolute atomic E-state index is 12.6. The average molecular weight is 416 g/mol. The number of hydrogen-bond acceptors (Lipinski definition) is 6. The molecule has 0 radical (unpaired) electrons. The molecule has 0 aliphatic rings.